The summed E-state index contributed by atoms with van der Waals surface area (Å²) >= 11 is 1.49. The smallest absolute Gasteiger partial charge is 0.259 e. The molecule has 1 aromatic carbocycles. The van der Waals surface area contributed by atoms with E-state index in [1.165, 1.54) is 11.3 Å². The van der Waals surface area contributed by atoms with Gasteiger partial charge >= 0.3 is 0 Å². The Labute approximate surface area is 116 Å². The second kappa shape index (κ2) is 5.40. The third-order valence-corrected chi connectivity index (χ3v) is 3.83. The van der Waals surface area contributed by atoms with Gasteiger partial charge in [-0.05, 0) is 38.0 Å². The first-order chi connectivity index (χ1) is 9.01. The molecule has 1 heterocycles. The first-order valence-electron chi connectivity index (χ1n) is 6.15. The zero-order chi connectivity index (χ0) is 14.0. The second-order valence-electron chi connectivity index (χ2n) is 4.42. The average Bonchev–Trinajstić information content (AvgIpc) is 2.69. The van der Waals surface area contributed by atoms with Crippen molar-refractivity contribution in [3.63, 3.8) is 0 Å². The van der Waals surface area contributed by atoms with E-state index in [4.69, 9.17) is 5.73 Å². The van der Waals surface area contributed by atoms with Crippen LogP contribution in [0, 0.1) is 13.8 Å². The minimum Gasteiger partial charge on any atom is -0.398 e. The molecule has 0 atom stereocenters. The SMILES string of the molecule is CCc1nc(NC(=O)c2ccc(C)cc2N)sc1C. The number of thiazole rings is 1. The highest BCUT2D eigenvalue weighted by Gasteiger charge is 2.13. The number of aromatic nitrogens is 1. The monoisotopic (exact) mass is 275 g/mol. The molecular formula is C14H17N3OS. The lowest BCUT2D eigenvalue weighted by Crippen LogP contribution is -2.14. The van der Waals surface area contributed by atoms with Gasteiger partial charge in [0.2, 0.25) is 0 Å². The maximum Gasteiger partial charge on any atom is 0.259 e. The van der Waals surface area contributed by atoms with Crippen molar-refractivity contribution in [3.8, 4) is 0 Å². The molecule has 3 N–H and O–H groups in total. The Hall–Kier alpha value is -1.88. The van der Waals surface area contributed by atoms with Crippen molar-refractivity contribution in [2.75, 3.05) is 11.1 Å². The molecule has 0 saturated carbocycles. The summed E-state index contributed by atoms with van der Waals surface area (Å²) in [5.74, 6) is -0.214. The molecule has 0 bridgehead atoms. The molecule has 19 heavy (non-hydrogen) atoms. The Morgan fingerprint density at radius 1 is 1.42 bits per heavy atom. The molecule has 100 valence electrons. The van der Waals surface area contributed by atoms with Gasteiger partial charge in [0, 0.05) is 10.6 Å². The Bertz CT molecular complexity index is 619. The molecule has 0 unspecified atom stereocenters. The fourth-order valence-electron chi connectivity index (χ4n) is 1.86. The summed E-state index contributed by atoms with van der Waals surface area (Å²) in [4.78, 5) is 17.7. The van der Waals surface area contributed by atoms with Crippen LogP contribution in [0.2, 0.25) is 0 Å². The van der Waals surface area contributed by atoms with Crippen LogP contribution in [-0.2, 0) is 6.42 Å². The molecule has 4 nitrogen and oxygen atoms in total. The van der Waals surface area contributed by atoms with E-state index in [0.717, 1.165) is 22.6 Å². The third-order valence-electron chi connectivity index (χ3n) is 2.90. The van der Waals surface area contributed by atoms with Crippen molar-refractivity contribution in [3.05, 3.63) is 39.9 Å². The predicted octanol–water partition coefficient (Wildman–Crippen LogP) is 3.16. The average molecular weight is 275 g/mol. The van der Waals surface area contributed by atoms with E-state index in [2.05, 4.69) is 10.3 Å². The molecule has 1 aromatic heterocycles. The van der Waals surface area contributed by atoms with E-state index in [1.54, 1.807) is 12.1 Å². The number of rotatable bonds is 3. The maximum absolute atomic E-state index is 12.1. The minimum absolute atomic E-state index is 0.214. The number of nitrogens with two attached hydrogens (primary N) is 1. The van der Waals surface area contributed by atoms with Gasteiger partial charge in [0.25, 0.3) is 5.91 Å². The van der Waals surface area contributed by atoms with Crippen LogP contribution in [0.25, 0.3) is 0 Å². The van der Waals surface area contributed by atoms with Crippen LogP contribution in [0.3, 0.4) is 0 Å². The molecule has 0 aliphatic rings. The number of carbonyl (C=O) groups excluding carboxylic acids is 1. The van der Waals surface area contributed by atoms with Crippen LogP contribution in [0.4, 0.5) is 10.8 Å². The summed E-state index contributed by atoms with van der Waals surface area (Å²) in [5, 5.41) is 3.43. The number of hydrogen-bond acceptors (Lipinski definition) is 4. The van der Waals surface area contributed by atoms with Gasteiger partial charge in [0.05, 0.1) is 11.3 Å². The van der Waals surface area contributed by atoms with Crippen molar-refractivity contribution in [2.45, 2.75) is 27.2 Å². The summed E-state index contributed by atoms with van der Waals surface area (Å²) in [6, 6.07) is 5.40. The first-order valence-corrected chi connectivity index (χ1v) is 6.96. The normalized spacial score (nSPS) is 10.5. The van der Waals surface area contributed by atoms with Gasteiger partial charge in [-0.1, -0.05) is 13.0 Å². The van der Waals surface area contributed by atoms with E-state index in [-0.39, 0.29) is 5.91 Å². The highest BCUT2D eigenvalue weighted by atomic mass is 32.1. The van der Waals surface area contributed by atoms with E-state index in [0.29, 0.717) is 16.4 Å². The highest BCUT2D eigenvalue weighted by molar-refractivity contribution is 7.15. The first kappa shape index (κ1) is 13.5. The lowest BCUT2D eigenvalue weighted by Gasteiger charge is -2.05. The number of amides is 1. The van der Waals surface area contributed by atoms with Crippen LogP contribution >= 0.6 is 11.3 Å². The van der Waals surface area contributed by atoms with Gasteiger partial charge in [0.15, 0.2) is 5.13 Å². The molecule has 0 aliphatic carbocycles. The Balaban J connectivity index is 2.20. The van der Waals surface area contributed by atoms with Crippen LogP contribution in [-0.4, -0.2) is 10.9 Å². The topological polar surface area (TPSA) is 68.0 Å². The molecule has 5 heteroatoms. The van der Waals surface area contributed by atoms with Crippen LogP contribution < -0.4 is 11.1 Å². The summed E-state index contributed by atoms with van der Waals surface area (Å²) in [7, 11) is 0. The predicted molar refractivity (Wildman–Crippen MR) is 79.8 cm³/mol. The third kappa shape index (κ3) is 2.93. The number of benzene rings is 1. The van der Waals surface area contributed by atoms with Crippen LogP contribution in [0.5, 0.6) is 0 Å². The van der Waals surface area contributed by atoms with E-state index in [9.17, 15) is 4.79 Å². The van der Waals surface area contributed by atoms with Gasteiger partial charge in [-0.3, -0.25) is 10.1 Å². The summed E-state index contributed by atoms with van der Waals surface area (Å²) < 4.78 is 0. The van der Waals surface area contributed by atoms with E-state index >= 15 is 0 Å². The quantitative estimate of drug-likeness (QED) is 0.845. The van der Waals surface area contributed by atoms with Gasteiger partial charge in [0.1, 0.15) is 0 Å². The second-order valence-corrected chi connectivity index (χ2v) is 5.62. The number of nitrogens with zero attached hydrogens (tertiary/aromatic N) is 1. The van der Waals surface area contributed by atoms with Gasteiger partial charge in [-0.25, -0.2) is 4.98 Å². The fraction of sp³-hybridized carbons (Fsp3) is 0.286. The standard InChI is InChI=1S/C14H17N3OS/c1-4-12-9(3)19-14(16-12)17-13(18)10-6-5-8(2)7-11(10)15/h5-7H,4,15H2,1-3H3,(H,16,17,18). The van der Waals surface area contributed by atoms with Crippen molar-refractivity contribution >= 4 is 28.1 Å². The minimum atomic E-state index is -0.214. The number of anilines is 2. The summed E-state index contributed by atoms with van der Waals surface area (Å²) in [6.45, 7) is 5.99. The largest absolute Gasteiger partial charge is 0.398 e. The van der Waals surface area contributed by atoms with Crippen molar-refractivity contribution in [2.24, 2.45) is 0 Å². The highest BCUT2D eigenvalue weighted by Crippen LogP contribution is 2.23. The van der Waals surface area contributed by atoms with Crippen LogP contribution in [0.15, 0.2) is 18.2 Å². The molecule has 1 amide bonds. The van der Waals surface area contributed by atoms with Crippen molar-refractivity contribution < 1.29 is 4.79 Å². The summed E-state index contributed by atoms with van der Waals surface area (Å²) in [6.07, 6.45) is 0.866. The van der Waals surface area contributed by atoms with E-state index < -0.39 is 0 Å². The Morgan fingerprint density at radius 3 is 2.74 bits per heavy atom. The zero-order valence-corrected chi connectivity index (χ0v) is 12.1. The van der Waals surface area contributed by atoms with Gasteiger partial charge in [-0.2, -0.15) is 0 Å². The number of aryl methyl sites for hydroxylation is 3. The Morgan fingerprint density at radius 2 is 2.16 bits per heavy atom. The van der Waals surface area contributed by atoms with Crippen molar-refractivity contribution in [1.82, 2.24) is 4.98 Å². The van der Waals surface area contributed by atoms with Crippen LogP contribution in [0.1, 0.15) is 33.4 Å². The molecule has 2 aromatic rings. The number of carbonyl (C=O) groups is 1. The maximum atomic E-state index is 12.1. The van der Waals surface area contributed by atoms with E-state index in [1.807, 2.05) is 26.8 Å². The molecule has 0 radical (unpaired) electrons. The molecule has 0 aliphatic heterocycles. The van der Waals surface area contributed by atoms with Gasteiger partial charge < -0.3 is 5.73 Å². The Kier molecular flexibility index (Phi) is 3.85. The lowest BCUT2D eigenvalue weighted by atomic mass is 10.1. The zero-order valence-electron chi connectivity index (χ0n) is 11.3. The molecule has 0 fully saturated rings. The molecule has 2 rings (SSSR count). The van der Waals surface area contributed by atoms with Crippen molar-refractivity contribution in [1.29, 1.82) is 0 Å². The number of hydrogen-bond donors (Lipinski definition) is 2. The summed E-state index contributed by atoms with van der Waals surface area (Å²) in [5.41, 5.74) is 8.89. The molecule has 0 saturated heterocycles. The van der Waals surface area contributed by atoms with Gasteiger partial charge in [-0.15, -0.1) is 11.3 Å². The molecular weight excluding hydrogens is 258 g/mol. The fourth-order valence-corrected chi connectivity index (χ4v) is 2.76. The lowest BCUT2D eigenvalue weighted by molar-refractivity contribution is 0.102. The number of nitrogen functional groups attached to an aromatic ring is 1. The number of nitrogens with one attached hydrogen (secondary N) is 1. The molecule has 0 spiro atoms.